The van der Waals surface area contributed by atoms with Gasteiger partial charge in [-0.1, -0.05) is 12.1 Å². The number of anilines is 2. The zero-order valence-corrected chi connectivity index (χ0v) is 11.3. The normalized spacial score (nSPS) is 15.3. The lowest BCUT2D eigenvalue weighted by molar-refractivity contribution is 0.186. The van der Waals surface area contributed by atoms with E-state index in [2.05, 4.69) is 0 Å². The van der Waals surface area contributed by atoms with Gasteiger partial charge in [0.1, 0.15) is 0 Å². The highest BCUT2D eigenvalue weighted by Gasteiger charge is 2.29. The Balaban J connectivity index is 1.93. The van der Waals surface area contributed by atoms with Crippen LogP contribution in [0.5, 0.6) is 0 Å². The van der Waals surface area contributed by atoms with Crippen LogP contribution in [0.1, 0.15) is 12.8 Å². The number of nitrogens with zero attached hydrogens (tertiary/aromatic N) is 2. The first kappa shape index (κ1) is 13.7. The third-order valence-corrected chi connectivity index (χ3v) is 3.35. The average molecular weight is 263 g/mol. The van der Waals surface area contributed by atoms with Crippen LogP contribution < -0.4 is 10.6 Å². The zero-order valence-electron chi connectivity index (χ0n) is 11.3. The maximum Gasteiger partial charge on any atom is 0.324 e. The molecule has 1 fully saturated rings. The van der Waals surface area contributed by atoms with Crippen LogP contribution in [0.4, 0.5) is 16.2 Å². The lowest BCUT2D eigenvalue weighted by Crippen LogP contribution is -2.32. The Morgan fingerprint density at radius 1 is 1.26 bits per heavy atom. The number of carbonyl (C=O) groups is 1. The van der Waals surface area contributed by atoms with Gasteiger partial charge in [0.2, 0.25) is 0 Å². The van der Waals surface area contributed by atoms with Crippen molar-refractivity contribution in [1.29, 1.82) is 0 Å². The lowest BCUT2D eigenvalue weighted by Gasteiger charge is -2.19. The number of para-hydroxylation sites is 2. The van der Waals surface area contributed by atoms with Crippen molar-refractivity contribution >= 4 is 17.4 Å². The summed E-state index contributed by atoms with van der Waals surface area (Å²) >= 11 is 0. The number of unbranched alkanes of at least 4 members (excludes halogenated alkanes) is 1. The van der Waals surface area contributed by atoms with Crippen molar-refractivity contribution in [1.82, 2.24) is 4.90 Å². The smallest absolute Gasteiger partial charge is 0.324 e. The summed E-state index contributed by atoms with van der Waals surface area (Å²) in [5, 5.41) is 0. The summed E-state index contributed by atoms with van der Waals surface area (Å²) < 4.78 is 5.01. The molecule has 1 aromatic rings. The van der Waals surface area contributed by atoms with E-state index in [4.69, 9.17) is 10.5 Å². The van der Waals surface area contributed by atoms with E-state index in [-0.39, 0.29) is 6.03 Å². The number of benzene rings is 1. The van der Waals surface area contributed by atoms with Crippen LogP contribution in [0.2, 0.25) is 0 Å². The molecule has 0 aliphatic carbocycles. The van der Waals surface area contributed by atoms with Gasteiger partial charge in [-0.3, -0.25) is 4.90 Å². The monoisotopic (exact) mass is 263 g/mol. The first-order chi connectivity index (χ1) is 9.24. The molecule has 1 aromatic carbocycles. The van der Waals surface area contributed by atoms with Gasteiger partial charge in [0.05, 0.1) is 11.4 Å². The van der Waals surface area contributed by atoms with E-state index in [0.717, 1.165) is 38.2 Å². The number of amides is 2. The highest BCUT2D eigenvalue weighted by atomic mass is 16.5. The van der Waals surface area contributed by atoms with Gasteiger partial charge in [-0.2, -0.15) is 0 Å². The Morgan fingerprint density at radius 3 is 2.79 bits per heavy atom. The molecule has 19 heavy (non-hydrogen) atoms. The molecule has 104 valence electrons. The van der Waals surface area contributed by atoms with Gasteiger partial charge in [-0.15, -0.1) is 0 Å². The van der Waals surface area contributed by atoms with Crippen LogP contribution in [-0.4, -0.2) is 44.3 Å². The number of urea groups is 1. The SMILES string of the molecule is COCCCCN1CCN(c2ccccc2N)C1=O. The molecule has 1 aliphatic rings. The molecule has 1 saturated heterocycles. The Labute approximate surface area is 113 Å². The molecule has 0 spiro atoms. The number of hydrogen-bond acceptors (Lipinski definition) is 3. The van der Waals surface area contributed by atoms with Gasteiger partial charge in [-0.25, -0.2) is 4.79 Å². The van der Waals surface area contributed by atoms with E-state index >= 15 is 0 Å². The fourth-order valence-corrected chi connectivity index (χ4v) is 2.30. The second-order valence-corrected chi connectivity index (χ2v) is 4.68. The minimum Gasteiger partial charge on any atom is -0.397 e. The third kappa shape index (κ3) is 3.17. The lowest BCUT2D eigenvalue weighted by atomic mass is 10.2. The van der Waals surface area contributed by atoms with Gasteiger partial charge in [0, 0.05) is 33.4 Å². The summed E-state index contributed by atoms with van der Waals surface area (Å²) in [6, 6.07) is 7.54. The summed E-state index contributed by atoms with van der Waals surface area (Å²) in [5.74, 6) is 0. The van der Waals surface area contributed by atoms with E-state index in [9.17, 15) is 4.79 Å². The molecule has 1 aliphatic heterocycles. The minimum atomic E-state index is 0.0512. The molecule has 0 atom stereocenters. The van der Waals surface area contributed by atoms with Gasteiger partial charge >= 0.3 is 6.03 Å². The fourth-order valence-electron chi connectivity index (χ4n) is 2.30. The van der Waals surface area contributed by atoms with E-state index in [1.165, 1.54) is 0 Å². The molecule has 1 heterocycles. The fraction of sp³-hybridized carbons (Fsp3) is 0.500. The maximum absolute atomic E-state index is 12.3. The highest BCUT2D eigenvalue weighted by Crippen LogP contribution is 2.26. The Hall–Kier alpha value is -1.75. The number of hydrogen-bond donors (Lipinski definition) is 1. The van der Waals surface area contributed by atoms with Crippen molar-refractivity contribution in [2.24, 2.45) is 0 Å². The molecular formula is C14H21N3O2. The summed E-state index contributed by atoms with van der Waals surface area (Å²) in [4.78, 5) is 15.9. The van der Waals surface area contributed by atoms with Crippen LogP contribution in [0.3, 0.4) is 0 Å². The van der Waals surface area contributed by atoms with Crippen molar-refractivity contribution in [3.8, 4) is 0 Å². The van der Waals surface area contributed by atoms with Gasteiger partial charge in [0.25, 0.3) is 0 Å². The topological polar surface area (TPSA) is 58.8 Å². The minimum absolute atomic E-state index is 0.0512. The van der Waals surface area contributed by atoms with E-state index in [0.29, 0.717) is 12.2 Å². The molecule has 0 radical (unpaired) electrons. The second kappa shape index (κ2) is 6.43. The number of rotatable bonds is 6. The van der Waals surface area contributed by atoms with Gasteiger partial charge in [0.15, 0.2) is 0 Å². The Kier molecular flexibility index (Phi) is 4.63. The number of nitrogen functional groups attached to an aromatic ring is 1. The maximum atomic E-state index is 12.3. The van der Waals surface area contributed by atoms with E-state index in [1.54, 1.807) is 12.0 Å². The van der Waals surface area contributed by atoms with Crippen LogP contribution in [0.25, 0.3) is 0 Å². The first-order valence-electron chi connectivity index (χ1n) is 6.64. The highest BCUT2D eigenvalue weighted by molar-refractivity contribution is 5.97. The van der Waals surface area contributed by atoms with Crippen molar-refractivity contribution in [2.75, 3.05) is 44.0 Å². The number of methoxy groups -OCH3 is 1. The van der Waals surface area contributed by atoms with Crippen LogP contribution >= 0.6 is 0 Å². The summed E-state index contributed by atoms with van der Waals surface area (Å²) in [6.45, 7) is 3.00. The molecule has 0 aromatic heterocycles. The summed E-state index contributed by atoms with van der Waals surface area (Å²) in [5.41, 5.74) is 7.38. The van der Waals surface area contributed by atoms with Gasteiger partial charge in [-0.05, 0) is 25.0 Å². The molecule has 0 saturated carbocycles. The van der Waals surface area contributed by atoms with Crippen LogP contribution in [-0.2, 0) is 4.74 Å². The largest absolute Gasteiger partial charge is 0.397 e. The molecule has 0 unspecified atom stereocenters. The second-order valence-electron chi connectivity index (χ2n) is 4.68. The average Bonchev–Trinajstić information content (AvgIpc) is 2.77. The van der Waals surface area contributed by atoms with Crippen molar-refractivity contribution < 1.29 is 9.53 Å². The molecule has 5 heteroatoms. The molecule has 5 nitrogen and oxygen atoms in total. The van der Waals surface area contributed by atoms with E-state index in [1.807, 2.05) is 29.2 Å². The molecular weight excluding hydrogens is 242 g/mol. The predicted octanol–water partition coefficient (Wildman–Crippen LogP) is 1.94. The summed E-state index contributed by atoms with van der Waals surface area (Å²) in [7, 11) is 1.70. The Morgan fingerprint density at radius 2 is 2.05 bits per heavy atom. The first-order valence-corrected chi connectivity index (χ1v) is 6.64. The standard InChI is InChI=1S/C14H21N3O2/c1-19-11-5-4-8-16-9-10-17(14(16)18)13-7-3-2-6-12(13)15/h2-3,6-7H,4-5,8-11,15H2,1H3. The van der Waals surface area contributed by atoms with Gasteiger partial charge < -0.3 is 15.4 Å². The third-order valence-electron chi connectivity index (χ3n) is 3.35. The van der Waals surface area contributed by atoms with Crippen molar-refractivity contribution in [3.05, 3.63) is 24.3 Å². The summed E-state index contributed by atoms with van der Waals surface area (Å²) in [6.07, 6.45) is 1.95. The number of ether oxygens (including phenoxy) is 1. The van der Waals surface area contributed by atoms with Crippen LogP contribution in [0, 0.1) is 0 Å². The quantitative estimate of drug-likeness (QED) is 0.630. The van der Waals surface area contributed by atoms with Crippen molar-refractivity contribution in [3.63, 3.8) is 0 Å². The Bertz CT molecular complexity index is 436. The molecule has 2 rings (SSSR count). The number of nitrogens with two attached hydrogens (primary N) is 1. The molecule has 0 bridgehead atoms. The van der Waals surface area contributed by atoms with Crippen molar-refractivity contribution in [2.45, 2.75) is 12.8 Å². The van der Waals surface area contributed by atoms with Crippen LogP contribution in [0.15, 0.2) is 24.3 Å². The number of carbonyl (C=O) groups excluding carboxylic acids is 1. The zero-order chi connectivity index (χ0) is 13.7. The predicted molar refractivity (Wildman–Crippen MR) is 76.3 cm³/mol. The molecule has 2 amide bonds. The molecule has 2 N–H and O–H groups in total. The van der Waals surface area contributed by atoms with E-state index < -0.39 is 0 Å².